The number of benzene rings is 2. The highest BCUT2D eigenvalue weighted by Crippen LogP contribution is 2.36. The first-order valence-corrected chi connectivity index (χ1v) is 8.56. The van der Waals surface area contributed by atoms with Gasteiger partial charge in [0, 0.05) is 15.7 Å². The zero-order chi connectivity index (χ0) is 19.6. The molecule has 0 spiro atoms. The molecule has 1 heterocycles. The van der Waals surface area contributed by atoms with Gasteiger partial charge in [-0.3, -0.25) is 10.1 Å². The molecule has 0 aliphatic rings. The van der Waals surface area contributed by atoms with E-state index in [2.05, 4.69) is 15.3 Å². The van der Waals surface area contributed by atoms with Crippen LogP contribution in [0.4, 0.5) is 17.2 Å². The van der Waals surface area contributed by atoms with Gasteiger partial charge in [0.05, 0.1) is 4.92 Å². The highest BCUT2D eigenvalue weighted by Gasteiger charge is 2.25. The Morgan fingerprint density at radius 3 is 2.22 bits per heavy atom. The van der Waals surface area contributed by atoms with E-state index in [-0.39, 0.29) is 11.7 Å². The second kappa shape index (κ2) is 7.77. The van der Waals surface area contributed by atoms with Crippen LogP contribution in [-0.4, -0.2) is 14.9 Å². The van der Waals surface area contributed by atoms with Gasteiger partial charge in [-0.2, -0.15) is 4.98 Å². The Morgan fingerprint density at radius 1 is 1.00 bits per heavy atom. The molecule has 0 saturated heterocycles. The zero-order valence-corrected chi connectivity index (χ0v) is 15.9. The second-order valence-corrected chi connectivity index (χ2v) is 6.71. The van der Waals surface area contributed by atoms with E-state index in [1.54, 1.807) is 30.3 Å². The fourth-order valence-corrected chi connectivity index (χ4v) is 3.09. The maximum Gasteiger partial charge on any atom is 0.373 e. The number of halogens is 2. The van der Waals surface area contributed by atoms with Gasteiger partial charge in [-0.25, -0.2) is 4.98 Å². The van der Waals surface area contributed by atoms with Crippen molar-refractivity contribution in [3.05, 3.63) is 74.0 Å². The normalized spacial score (nSPS) is 10.5. The summed E-state index contributed by atoms with van der Waals surface area (Å²) in [6, 6.07) is 10.2. The van der Waals surface area contributed by atoms with Crippen LogP contribution in [0.15, 0.2) is 42.7 Å². The largest absolute Gasteiger partial charge is 0.434 e. The summed E-state index contributed by atoms with van der Waals surface area (Å²) in [6.07, 6.45) is 1.18. The third-order valence-corrected chi connectivity index (χ3v) is 3.94. The molecule has 7 nitrogen and oxygen atoms in total. The Labute approximate surface area is 165 Å². The van der Waals surface area contributed by atoms with Crippen LogP contribution in [0.2, 0.25) is 10.0 Å². The van der Waals surface area contributed by atoms with Gasteiger partial charge in [-0.05, 0) is 55.3 Å². The molecule has 0 saturated carbocycles. The van der Waals surface area contributed by atoms with Crippen molar-refractivity contribution in [3.63, 3.8) is 0 Å². The average molecular weight is 405 g/mol. The summed E-state index contributed by atoms with van der Waals surface area (Å²) in [7, 11) is 0. The van der Waals surface area contributed by atoms with Crippen molar-refractivity contribution in [2.75, 3.05) is 5.32 Å². The van der Waals surface area contributed by atoms with Crippen molar-refractivity contribution in [1.29, 1.82) is 0 Å². The van der Waals surface area contributed by atoms with E-state index >= 15 is 0 Å². The maximum absolute atomic E-state index is 11.6. The van der Waals surface area contributed by atoms with E-state index in [1.165, 1.54) is 6.33 Å². The van der Waals surface area contributed by atoms with E-state index in [0.29, 0.717) is 21.5 Å². The third kappa shape index (κ3) is 4.64. The number of anilines is 2. The minimum atomic E-state index is -0.605. The molecule has 3 rings (SSSR count). The highest BCUT2D eigenvalue weighted by atomic mass is 35.5. The first-order chi connectivity index (χ1) is 12.8. The van der Waals surface area contributed by atoms with Gasteiger partial charge in [0.1, 0.15) is 12.1 Å². The molecular weight excluding hydrogens is 391 g/mol. The molecule has 1 aromatic heterocycles. The Bertz CT molecular complexity index is 915. The van der Waals surface area contributed by atoms with Gasteiger partial charge in [0.25, 0.3) is 0 Å². The predicted molar refractivity (Wildman–Crippen MR) is 104 cm³/mol. The Balaban J connectivity index is 2.00. The van der Waals surface area contributed by atoms with Gasteiger partial charge in [-0.1, -0.05) is 29.3 Å². The highest BCUT2D eigenvalue weighted by molar-refractivity contribution is 6.35. The number of rotatable bonds is 5. The summed E-state index contributed by atoms with van der Waals surface area (Å²) in [4.78, 5) is 18.9. The number of hydrogen-bond donors (Lipinski definition) is 1. The molecule has 0 amide bonds. The lowest BCUT2D eigenvalue weighted by atomic mass is 10.1. The zero-order valence-electron chi connectivity index (χ0n) is 14.4. The minimum Gasteiger partial charge on any atom is -0.434 e. The van der Waals surface area contributed by atoms with Gasteiger partial charge < -0.3 is 10.1 Å². The second-order valence-electron chi connectivity index (χ2n) is 5.84. The molecule has 0 unspecified atom stereocenters. The average Bonchev–Trinajstić information content (AvgIpc) is 2.52. The van der Waals surface area contributed by atoms with Crippen molar-refractivity contribution >= 4 is 40.4 Å². The summed E-state index contributed by atoms with van der Waals surface area (Å²) in [5.41, 5.74) is 1.99. The summed E-state index contributed by atoms with van der Waals surface area (Å²) >= 11 is 11.9. The summed E-state index contributed by atoms with van der Waals surface area (Å²) < 4.78 is 5.67. The predicted octanol–water partition coefficient (Wildman–Crippen LogP) is 5.84. The van der Waals surface area contributed by atoms with Gasteiger partial charge in [0.2, 0.25) is 5.82 Å². The van der Waals surface area contributed by atoms with Crippen LogP contribution in [0.5, 0.6) is 11.6 Å². The van der Waals surface area contributed by atoms with Gasteiger partial charge in [-0.15, -0.1) is 0 Å². The van der Waals surface area contributed by atoms with E-state index < -0.39 is 10.6 Å². The molecule has 0 bridgehead atoms. The van der Waals surface area contributed by atoms with Crippen LogP contribution < -0.4 is 10.1 Å². The standard InChI is InChI=1S/C18H14Cl2N4O3/c1-10-3-11(2)5-15(4-10)27-18-16(24(25)26)17(21-9-22-18)23-14-7-12(19)6-13(20)8-14/h3-9H,1-2H3,(H,21,22,23). The summed E-state index contributed by atoms with van der Waals surface area (Å²) in [5, 5.41) is 15.3. The van der Waals surface area contributed by atoms with Crippen LogP contribution in [0.3, 0.4) is 0 Å². The number of nitrogens with zero attached hydrogens (tertiary/aromatic N) is 3. The van der Waals surface area contributed by atoms with Crippen LogP contribution in [0.1, 0.15) is 11.1 Å². The molecular formula is C18H14Cl2N4O3. The number of nitrogens with one attached hydrogen (secondary N) is 1. The van der Waals surface area contributed by atoms with Gasteiger partial charge in [0.15, 0.2) is 0 Å². The number of hydrogen-bond acceptors (Lipinski definition) is 6. The molecule has 0 fully saturated rings. The monoisotopic (exact) mass is 404 g/mol. The maximum atomic E-state index is 11.6. The van der Waals surface area contributed by atoms with Crippen LogP contribution in [0, 0.1) is 24.0 Å². The molecule has 0 atom stereocenters. The van der Waals surface area contributed by atoms with Crippen LogP contribution in [0.25, 0.3) is 0 Å². The number of aromatic nitrogens is 2. The molecule has 2 aromatic carbocycles. The van der Waals surface area contributed by atoms with Crippen LogP contribution in [-0.2, 0) is 0 Å². The first-order valence-electron chi connectivity index (χ1n) is 7.80. The number of aryl methyl sites for hydroxylation is 2. The molecule has 0 aliphatic carbocycles. The van der Waals surface area contributed by atoms with Crippen molar-refractivity contribution in [2.45, 2.75) is 13.8 Å². The fourth-order valence-electron chi connectivity index (χ4n) is 2.56. The molecule has 3 aromatic rings. The van der Waals surface area contributed by atoms with E-state index in [9.17, 15) is 10.1 Å². The number of ether oxygens (including phenoxy) is 1. The smallest absolute Gasteiger partial charge is 0.373 e. The Morgan fingerprint density at radius 2 is 1.63 bits per heavy atom. The quantitative estimate of drug-likeness (QED) is 0.423. The lowest BCUT2D eigenvalue weighted by Crippen LogP contribution is -2.03. The molecule has 138 valence electrons. The molecule has 9 heteroatoms. The Kier molecular flexibility index (Phi) is 5.43. The lowest BCUT2D eigenvalue weighted by Gasteiger charge is -2.10. The van der Waals surface area contributed by atoms with Crippen molar-refractivity contribution in [1.82, 2.24) is 9.97 Å². The first kappa shape index (κ1) is 18.9. The molecule has 27 heavy (non-hydrogen) atoms. The lowest BCUT2D eigenvalue weighted by molar-refractivity contribution is -0.385. The van der Waals surface area contributed by atoms with Crippen molar-refractivity contribution < 1.29 is 9.66 Å². The van der Waals surface area contributed by atoms with Crippen molar-refractivity contribution in [3.8, 4) is 11.6 Å². The van der Waals surface area contributed by atoms with Gasteiger partial charge >= 0.3 is 11.6 Å². The topological polar surface area (TPSA) is 90.2 Å². The summed E-state index contributed by atoms with van der Waals surface area (Å²) in [6.45, 7) is 3.81. The number of nitro groups is 1. The SMILES string of the molecule is Cc1cc(C)cc(Oc2ncnc(Nc3cc(Cl)cc(Cl)c3)c2[N+](=O)[O-])c1. The molecule has 0 aliphatic heterocycles. The fraction of sp³-hybridized carbons (Fsp3) is 0.111. The van der Waals surface area contributed by atoms with E-state index in [0.717, 1.165) is 11.1 Å². The Hall–Kier alpha value is -2.90. The third-order valence-electron chi connectivity index (χ3n) is 3.51. The summed E-state index contributed by atoms with van der Waals surface area (Å²) in [5.74, 6) is 0.245. The molecule has 1 N–H and O–H groups in total. The van der Waals surface area contributed by atoms with Crippen molar-refractivity contribution in [2.24, 2.45) is 0 Å². The van der Waals surface area contributed by atoms with E-state index in [4.69, 9.17) is 27.9 Å². The minimum absolute atomic E-state index is 0.0345. The van der Waals surface area contributed by atoms with E-state index in [1.807, 2.05) is 19.9 Å². The molecule has 0 radical (unpaired) electrons. The van der Waals surface area contributed by atoms with Crippen LogP contribution >= 0.6 is 23.2 Å².